The molecule has 4 nitrogen and oxygen atoms in total. The summed E-state index contributed by atoms with van der Waals surface area (Å²) in [5.41, 5.74) is 1.60. The lowest BCUT2D eigenvalue weighted by molar-refractivity contribution is -0.127. The minimum Gasteiger partial charge on any atom is -0.481 e. The average molecular weight is 294 g/mol. The van der Waals surface area contributed by atoms with Crippen LogP contribution >= 0.6 is 0 Å². The Labute approximate surface area is 130 Å². The van der Waals surface area contributed by atoms with Gasteiger partial charge < -0.3 is 10.1 Å². The van der Waals surface area contributed by atoms with Crippen LogP contribution in [0.4, 0.5) is 0 Å². The maximum absolute atomic E-state index is 12.2. The van der Waals surface area contributed by atoms with Gasteiger partial charge in [0, 0.05) is 0 Å². The number of nitrogens with zero attached hydrogens (tertiary/aromatic N) is 1. The Morgan fingerprint density at radius 2 is 1.73 bits per heavy atom. The molecule has 0 spiro atoms. The smallest absolute Gasteiger partial charge is 0.261 e. The molecule has 112 valence electrons. The second-order valence-electron chi connectivity index (χ2n) is 5.04. The number of benzene rings is 2. The van der Waals surface area contributed by atoms with Crippen molar-refractivity contribution in [3.63, 3.8) is 0 Å². The highest BCUT2D eigenvalue weighted by atomic mass is 16.5. The molecule has 2 aromatic carbocycles. The Kier molecular flexibility index (Phi) is 5.16. The van der Waals surface area contributed by atoms with Crippen molar-refractivity contribution >= 4 is 5.91 Å². The number of ether oxygens (including phenoxy) is 1. The SMILES string of the molecule is CC(Oc1ccc(C#N)cc1)C(=O)NC(C)c1ccccc1. The van der Waals surface area contributed by atoms with E-state index in [0.717, 1.165) is 5.56 Å². The van der Waals surface area contributed by atoms with E-state index in [4.69, 9.17) is 10.00 Å². The fourth-order valence-corrected chi connectivity index (χ4v) is 2.02. The molecular weight excluding hydrogens is 276 g/mol. The highest BCUT2D eigenvalue weighted by molar-refractivity contribution is 5.81. The molecule has 22 heavy (non-hydrogen) atoms. The zero-order valence-electron chi connectivity index (χ0n) is 12.6. The first-order chi connectivity index (χ1) is 10.6. The minimum absolute atomic E-state index is 0.0827. The first-order valence-corrected chi connectivity index (χ1v) is 7.12. The van der Waals surface area contributed by atoms with Crippen molar-refractivity contribution in [3.8, 4) is 11.8 Å². The topological polar surface area (TPSA) is 62.1 Å². The Bertz CT molecular complexity index is 660. The van der Waals surface area contributed by atoms with Crippen LogP contribution in [0.3, 0.4) is 0 Å². The average Bonchev–Trinajstić information content (AvgIpc) is 2.56. The van der Waals surface area contributed by atoms with E-state index in [0.29, 0.717) is 11.3 Å². The van der Waals surface area contributed by atoms with Crippen LogP contribution in [0.25, 0.3) is 0 Å². The number of carbonyl (C=O) groups is 1. The van der Waals surface area contributed by atoms with Crippen molar-refractivity contribution in [2.24, 2.45) is 0 Å². The molecule has 1 N–H and O–H groups in total. The molecule has 0 bridgehead atoms. The summed E-state index contributed by atoms with van der Waals surface area (Å²) >= 11 is 0. The molecule has 0 saturated carbocycles. The summed E-state index contributed by atoms with van der Waals surface area (Å²) < 4.78 is 5.59. The van der Waals surface area contributed by atoms with Gasteiger partial charge in [0.2, 0.25) is 0 Å². The number of nitrogens with one attached hydrogen (secondary N) is 1. The molecule has 0 heterocycles. The third-order valence-corrected chi connectivity index (χ3v) is 3.32. The second kappa shape index (κ2) is 7.28. The monoisotopic (exact) mass is 294 g/mol. The van der Waals surface area contributed by atoms with Crippen molar-refractivity contribution in [1.29, 1.82) is 5.26 Å². The largest absolute Gasteiger partial charge is 0.481 e. The van der Waals surface area contributed by atoms with Crippen LogP contribution in [0.1, 0.15) is 31.0 Å². The van der Waals surface area contributed by atoms with Crippen molar-refractivity contribution in [1.82, 2.24) is 5.32 Å². The lowest BCUT2D eigenvalue weighted by Crippen LogP contribution is -2.37. The first kappa shape index (κ1) is 15.6. The molecule has 2 atom stereocenters. The van der Waals surface area contributed by atoms with Crippen LogP contribution in [-0.2, 0) is 4.79 Å². The number of rotatable bonds is 5. The predicted molar refractivity (Wildman–Crippen MR) is 84.2 cm³/mol. The van der Waals surface area contributed by atoms with Gasteiger partial charge in [0.25, 0.3) is 5.91 Å². The zero-order valence-corrected chi connectivity index (χ0v) is 12.6. The standard InChI is InChI=1S/C18H18N2O2/c1-13(16-6-4-3-5-7-16)20-18(21)14(2)22-17-10-8-15(12-19)9-11-17/h3-11,13-14H,1-2H3,(H,20,21). The lowest BCUT2D eigenvalue weighted by atomic mass is 10.1. The maximum atomic E-state index is 12.2. The van der Waals surface area contributed by atoms with E-state index in [1.807, 2.05) is 43.3 Å². The van der Waals surface area contributed by atoms with E-state index in [-0.39, 0.29) is 11.9 Å². The Balaban J connectivity index is 1.93. The van der Waals surface area contributed by atoms with E-state index < -0.39 is 6.10 Å². The molecule has 0 saturated heterocycles. The summed E-state index contributed by atoms with van der Waals surface area (Å²) in [4.78, 5) is 12.2. The molecule has 2 rings (SSSR count). The highest BCUT2D eigenvalue weighted by Gasteiger charge is 2.17. The molecule has 0 aromatic heterocycles. The summed E-state index contributed by atoms with van der Waals surface area (Å²) in [6.45, 7) is 3.63. The number of nitriles is 1. The van der Waals surface area contributed by atoms with Gasteiger partial charge in [-0.1, -0.05) is 30.3 Å². The van der Waals surface area contributed by atoms with Gasteiger partial charge in [0.15, 0.2) is 6.10 Å². The molecule has 2 unspecified atom stereocenters. The highest BCUT2D eigenvalue weighted by Crippen LogP contribution is 2.15. The third-order valence-electron chi connectivity index (χ3n) is 3.32. The van der Waals surface area contributed by atoms with Gasteiger partial charge in [0.1, 0.15) is 5.75 Å². The Hall–Kier alpha value is -2.80. The molecule has 0 radical (unpaired) electrons. The maximum Gasteiger partial charge on any atom is 0.261 e. The molecule has 0 fully saturated rings. The molecule has 2 aromatic rings. The van der Waals surface area contributed by atoms with E-state index in [9.17, 15) is 4.79 Å². The van der Waals surface area contributed by atoms with Gasteiger partial charge >= 0.3 is 0 Å². The van der Waals surface area contributed by atoms with Crippen molar-refractivity contribution in [3.05, 3.63) is 65.7 Å². The zero-order chi connectivity index (χ0) is 15.9. The number of hydrogen-bond acceptors (Lipinski definition) is 3. The van der Waals surface area contributed by atoms with Crippen LogP contribution in [0.5, 0.6) is 5.75 Å². The molecular formula is C18H18N2O2. The molecule has 4 heteroatoms. The summed E-state index contributed by atoms with van der Waals surface area (Å²) in [6, 6.07) is 18.4. The van der Waals surface area contributed by atoms with E-state index in [1.54, 1.807) is 31.2 Å². The first-order valence-electron chi connectivity index (χ1n) is 7.12. The quantitative estimate of drug-likeness (QED) is 0.921. The number of hydrogen-bond donors (Lipinski definition) is 1. The van der Waals surface area contributed by atoms with Crippen molar-refractivity contribution in [2.45, 2.75) is 26.0 Å². The van der Waals surface area contributed by atoms with Gasteiger partial charge in [-0.15, -0.1) is 0 Å². The third kappa shape index (κ3) is 4.10. The van der Waals surface area contributed by atoms with Crippen LogP contribution in [0, 0.1) is 11.3 Å². The van der Waals surface area contributed by atoms with Crippen molar-refractivity contribution < 1.29 is 9.53 Å². The Morgan fingerprint density at radius 1 is 1.09 bits per heavy atom. The van der Waals surface area contributed by atoms with E-state index in [2.05, 4.69) is 5.32 Å². The minimum atomic E-state index is -0.612. The second-order valence-corrected chi connectivity index (χ2v) is 5.04. The molecule has 0 aliphatic carbocycles. The van der Waals surface area contributed by atoms with Gasteiger partial charge in [-0.3, -0.25) is 4.79 Å². The predicted octanol–water partition coefficient (Wildman–Crippen LogP) is 3.20. The summed E-state index contributed by atoms with van der Waals surface area (Å²) in [5.74, 6) is 0.384. The number of amides is 1. The summed E-state index contributed by atoms with van der Waals surface area (Å²) in [7, 11) is 0. The molecule has 0 aliphatic heterocycles. The van der Waals surface area contributed by atoms with Crippen LogP contribution in [0.15, 0.2) is 54.6 Å². The summed E-state index contributed by atoms with van der Waals surface area (Å²) in [5, 5.41) is 11.7. The van der Waals surface area contributed by atoms with Gasteiger partial charge in [-0.25, -0.2) is 0 Å². The van der Waals surface area contributed by atoms with Crippen LogP contribution in [-0.4, -0.2) is 12.0 Å². The number of carbonyl (C=O) groups excluding carboxylic acids is 1. The van der Waals surface area contributed by atoms with Gasteiger partial charge in [-0.05, 0) is 43.7 Å². The van der Waals surface area contributed by atoms with Crippen LogP contribution in [0.2, 0.25) is 0 Å². The Morgan fingerprint density at radius 3 is 2.32 bits per heavy atom. The summed E-state index contributed by atoms with van der Waals surface area (Å²) in [6.07, 6.45) is -0.612. The normalized spacial score (nSPS) is 12.8. The lowest BCUT2D eigenvalue weighted by Gasteiger charge is -2.19. The van der Waals surface area contributed by atoms with Gasteiger partial charge in [-0.2, -0.15) is 5.26 Å². The molecule has 1 amide bonds. The van der Waals surface area contributed by atoms with E-state index in [1.165, 1.54) is 0 Å². The fraction of sp³-hybridized carbons (Fsp3) is 0.222. The van der Waals surface area contributed by atoms with Crippen molar-refractivity contribution in [2.75, 3.05) is 0 Å². The fourth-order valence-electron chi connectivity index (χ4n) is 2.02. The molecule has 0 aliphatic rings. The van der Waals surface area contributed by atoms with E-state index >= 15 is 0 Å². The van der Waals surface area contributed by atoms with Crippen LogP contribution < -0.4 is 10.1 Å². The van der Waals surface area contributed by atoms with Gasteiger partial charge in [0.05, 0.1) is 17.7 Å².